The number of carbonyl (C=O) groups is 1. The number of hydrogen-bond acceptors (Lipinski definition) is 5. The highest BCUT2D eigenvalue weighted by Gasteiger charge is 2.11. The van der Waals surface area contributed by atoms with Crippen LogP contribution in [0.1, 0.15) is 11.1 Å². The molecular weight excluding hydrogens is 394 g/mol. The highest BCUT2D eigenvalue weighted by atomic mass is 32.2. The number of amides is 1. The lowest BCUT2D eigenvalue weighted by Gasteiger charge is -2.00. The molecule has 0 aliphatic rings. The summed E-state index contributed by atoms with van der Waals surface area (Å²) in [5.74, 6) is -0.418. The second-order valence-electron chi connectivity index (χ2n) is 6.35. The summed E-state index contributed by atoms with van der Waals surface area (Å²) in [7, 11) is -3.10. The fourth-order valence-electron chi connectivity index (χ4n) is 2.60. The molecule has 3 aromatic rings. The lowest BCUT2D eigenvalue weighted by atomic mass is 10.2. The highest BCUT2D eigenvalue weighted by molar-refractivity contribution is 7.90. The number of thiophene rings is 1. The third-order valence-corrected chi connectivity index (χ3v) is 5.74. The van der Waals surface area contributed by atoms with E-state index in [1.807, 2.05) is 58.7 Å². The quantitative estimate of drug-likeness (QED) is 0.574. The Kier molecular flexibility index (Phi) is 6.43. The molecule has 0 unspecified atom stereocenters. The zero-order valence-electron chi connectivity index (χ0n) is 15.4. The molecule has 0 aliphatic heterocycles. The summed E-state index contributed by atoms with van der Waals surface area (Å²) in [4.78, 5) is 13.0. The van der Waals surface area contributed by atoms with E-state index >= 15 is 0 Å². The molecule has 2 heterocycles. The van der Waals surface area contributed by atoms with E-state index in [1.54, 1.807) is 17.4 Å². The average molecular weight is 416 g/mol. The summed E-state index contributed by atoms with van der Waals surface area (Å²) in [6.07, 6.45) is 6.16. The second-order valence-corrected chi connectivity index (χ2v) is 9.56. The number of rotatable bonds is 8. The number of carbonyl (C=O) groups excluding carboxylic acids is 1. The van der Waals surface area contributed by atoms with Crippen molar-refractivity contribution in [3.8, 4) is 10.6 Å². The molecule has 8 heteroatoms. The van der Waals surface area contributed by atoms with Crippen molar-refractivity contribution in [3.05, 3.63) is 71.2 Å². The Morgan fingerprint density at radius 3 is 2.68 bits per heavy atom. The van der Waals surface area contributed by atoms with Crippen molar-refractivity contribution in [2.75, 3.05) is 18.6 Å². The largest absolute Gasteiger partial charge is 0.352 e. The first kappa shape index (κ1) is 20.0. The Morgan fingerprint density at radius 1 is 1.21 bits per heavy atom. The SMILES string of the molecule is CS(=O)(=O)CCNC(=O)/C=C/c1cn(Cc2ccccc2)nc1-c1cccs1. The van der Waals surface area contributed by atoms with Gasteiger partial charge in [0.25, 0.3) is 0 Å². The number of aromatic nitrogens is 2. The van der Waals surface area contributed by atoms with Crippen LogP contribution in [0, 0.1) is 0 Å². The molecule has 0 saturated carbocycles. The molecule has 0 fully saturated rings. The van der Waals surface area contributed by atoms with Gasteiger partial charge in [0, 0.05) is 30.6 Å². The summed E-state index contributed by atoms with van der Waals surface area (Å²) in [5.41, 5.74) is 2.78. The van der Waals surface area contributed by atoms with Crippen LogP contribution in [0.25, 0.3) is 16.6 Å². The lowest BCUT2D eigenvalue weighted by Crippen LogP contribution is -2.27. The van der Waals surface area contributed by atoms with Crippen molar-refractivity contribution in [2.45, 2.75) is 6.54 Å². The van der Waals surface area contributed by atoms with E-state index < -0.39 is 9.84 Å². The van der Waals surface area contributed by atoms with Gasteiger partial charge in [-0.15, -0.1) is 11.3 Å². The standard InChI is InChI=1S/C20H21N3O3S2/c1-28(25,26)13-11-21-19(24)10-9-17-15-23(14-16-6-3-2-4-7-16)22-20(17)18-8-5-12-27-18/h2-10,12,15H,11,13-14H2,1H3,(H,21,24)/b10-9+. The molecule has 3 rings (SSSR count). The topological polar surface area (TPSA) is 81.1 Å². The lowest BCUT2D eigenvalue weighted by molar-refractivity contribution is -0.116. The first-order valence-electron chi connectivity index (χ1n) is 8.69. The van der Waals surface area contributed by atoms with E-state index in [2.05, 4.69) is 10.4 Å². The van der Waals surface area contributed by atoms with Gasteiger partial charge in [-0.05, 0) is 23.1 Å². The fraction of sp³-hybridized carbons (Fsp3) is 0.200. The van der Waals surface area contributed by atoms with E-state index in [9.17, 15) is 13.2 Å². The van der Waals surface area contributed by atoms with Gasteiger partial charge in [0.1, 0.15) is 15.5 Å². The number of benzene rings is 1. The minimum atomic E-state index is -3.10. The zero-order chi connectivity index (χ0) is 20.0. The van der Waals surface area contributed by atoms with E-state index in [1.165, 1.54) is 6.08 Å². The highest BCUT2D eigenvalue weighted by Crippen LogP contribution is 2.27. The van der Waals surface area contributed by atoms with Crippen LogP contribution in [-0.2, 0) is 21.2 Å². The van der Waals surface area contributed by atoms with Crippen molar-refractivity contribution in [1.82, 2.24) is 15.1 Å². The van der Waals surface area contributed by atoms with Crippen LogP contribution in [0.15, 0.2) is 60.1 Å². The van der Waals surface area contributed by atoms with E-state index in [0.717, 1.165) is 28.0 Å². The van der Waals surface area contributed by atoms with Crippen LogP contribution in [-0.4, -0.2) is 42.7 Å². The van der Waals surface area contributed by atoms with Crippen LogP contribution in [0.5, 0.6) is 0 Å². The second kappa shape index (κ2) is 8.99. The summed E-state index contributed by atoms with van der Waals surface area (Å²) in [6.45, 7) is 0.723. The van der Waals surface area contributed by atoms with Crippen molar-refractivity contribution in [2.24, 2.45) is 0 Å². The number of sulfone groups is 1. The van der Waals surface area contributed by atoms with Gasteiger partial charge in [0.2, 0.25) is 5.91 Å². The third-order valence-electron chi connectivity index (χ3n) is 3.92. The molecule has 1 N–H and O–H groups in total. The molecule has 1 amide bonds. The molecule has 28 heavy (non-hydrogen) atoms. The minimum Gasteiger partial charge on any atom is -0.352 e. The smallest absolute Gasteiger partial charge is 0.244 e. The average Bonchev–Trinajstić information content (AvgIpc) is 3.29. The molecule has 1 aromatic carbocycles. The first-order valence-corrected chi connectivity index (χ1v) is 11.6. The van der Waals surface area contributed by atoms with Gasteiger partial charge in [-0.3, -0.25) is 9.48 Å². The summed E-state index contributed by atoms with van der Waals surface area (Å²) >= 11 is 1.58. The Morgan fingerprint density at radius 2 is 2.00 bits per heavy atom. The molecule has 146 valence electrons. The molecule has 6 nitrogen and oxygen atoms in total. The van der Waals surface area contributed by atoms with E-state index in [-0.39, 0.29) is 18.2 Å². The molecule has 2 aromatic heterocycles. The summed E-state index contributed by atoms with van der Waals surface area (Å²) < 4.78 is 24.1. The van der Waals surface area contributed by atoms with Crippen molar-refractivity contribution < 1.29 is 13.2 Å². The molecule has 0 aliphatic carbocycles. The van der Waals surface area contributed by atoms with Gasteiger partial charge in [0.05, 0.1) is 17.2 Å². The summed E-state index contributed by atoms with van der Waals surface area (Å²) in [5, 5.41) is 9.25. The van der Waals surface area contributed by atoms with E-state index in [4.69, 9.17) is 0 Å². The Labute approximate surface area is 168 Å². The number of nitrogens with one attached hydrogen (secondary N) is 1. The van der Waals surface area contributed by atoms with Crippen LogP contribution in [0.4, 0.5) is 0 Å². The fourth-order valence-corrected chi connectivity index (χ4v) is 3.80. The first-order chi connectivity index (χ1) is 13.4. The van der Waals surface area contributed by atoms with Crippen LogP contribution in [0.3, 0.4) is 0 Å². The van der Waals surface area contributed by atoms with Crippen LogP contribution in [0.2, 0.25) is 0 Å². The van der Waals surface area contributed by atoms with Gasteiger partial charge in [-0.1, -0.05) is 36.4 Å². The van der Waals surface area contributed by atoms with E-state index in [0.29, 0.717) is 6.54 Å². The third kappa shape index (κ3) is 5.90. The number of hydrogen-bond donors (Lipinski definition) is 1. The van der Waals surface area contributed by atoms with Gasteiger partial charge >= 0.3 is 0 Å². The number of nitrogens with zero attached hydrogens (tertiary/aromatic N) is 2. The van der Waals surface area contributed by atoms with Crippen molar-refractivity contribution >= 4 is 33.2 Å². The molecule has 0 radical (unpaired) electrons. The van der Waals surface area contributed by atoms with Crippen LogP contribution < -0.4 is 5.32 Å². The maximum atomic E-state index is 12.0. The molecule has 0 spiro atoms. The zero-order valence-corrected chi connectivity index (χ0v) is 17.0. The Balaban J connectivity index is 1.76. The predicted molar refractivity (Wildman–Crippen MR) is 113 cm³/mol. The maximum absolute atomic E-state index is 12.0. The van der Waals surface area contributed by atoms with Gasteiger partial charge in [0.15, 0.2) is 0 Å². The maximum Gasteiger partial charge on any atom is 0.244 e. The minimum absolute atomic E-state index is 0.0813. The predicted octanol–water partition coefficient (Wildman–Crippen LogP) is 2.83. The van der Waals surface area contributed by atoms with Crippen molar-refractivity contribution in [1.29, 1.82) is 0 Å². The summed E-state index contributed by atoms with van der Waals surface area (Å²) in [6, 6.07) is 14.0. The van der Waals surface area contributed by atoms with Gasteiger partial charge in [-0.25, -0.2) is 8.42 Å². The van der Waals surface area contributed by atoms with Gasteiger partial charge in [-0.2, -0.15) is 5.10 Å². The van der Waals surface area contributed by atoms with Gasteiger partial charge < -0.3 is 5.32 Å². The molecule has 0 saturated heterocycles. The van der Waals surface area contributed by atoms with Crippen LogP contribution >= 0.6 is 11.3 Å². The molecule has 0 atom stereocenters. The monoisotopic (exact) mass is 415 g/mol. The Hall–Kier alpha value is -2.71. The molecular formula is C20H21N3O3S2. The molecule has 0 bridgehead atoms. The normalized spacial score (nSPS) is 11.8. The van der Waals surface area contributed by atoms with Crippen molar-refractivity contribution in [3.63, 3.8) is 0 Å². The Bertz CT molecular complexity index is 1050.